The lowest BCUT2D eigenvalue weighted by molar-refractivity contribution is 0.0218. The molecule has 0 spiro atoms. The Morgan fingerprint density at radius 1 is 1.21 bits per heavy atom. The van der Waals surface area contributed by atoms with Gasteiger partial charge in [0.15, 0.2) is 0 Å². The fraction of sp³-hybridized carbons (Fsp3) is 0.900. The van der Waals surface area contributed by atoms with Gasteiger partial charge in [0.2, 0.25) is 0 Å². The van der Waals surface area contributed by atoms with Crippen molar-refractivity contribution in [3.8, 4) is 0 Å². The van der Waals surface area contributed by atoms with E-state index in [1.807, 2.05) is 0 Å². The van der Waals surface area contributed by atoms with E-state index in [9.17, 15) is 9.90 Å². The van der Waals surface area contributed by atoms with Crippen molar-refractivity contribution >= 4 is 6.09 Å². The molecule has 4 nitrogen and oxygen atoms in total. The number of carbonyl (C=O) groups is 1. The average Bonchev–Trinajstić information content (AvgIpc) is 2.16. The standard InChI is InChI=1S/C10H17NO3/c12-9-2-1-7-3-4-11(10(13)14)6-8(7)5-9/h7-9,12H,1-6H2,(H,13,14). The van der Waals surface area contributed by atoms with Gasteiger partial charge >= 0.3 is 6.09 Å². The third-order valence-corrected chi connectivity index (χ3v) is 3.61. The van der Waals surface area contributed by atoms with E-state index in [2.05, 4.69) is 0 Å². The summed E-state index contributed by atoms with van der Waals surface area (Å²) in [6.45, 7) is 1.30. The van der Waals surface area contributed by atoms with Gasteiger partial charge in [0.25, 0.3) is 0 Å². The molecule has 2 aliphatic rings. The van der Waals surface area contributed by atoms with Crippen molar-refractivity contribution < 1.29 is 15.0 Å². The Kier molecular flexibility index (Phi) is 2.63. The van der Waals surface area contributed by atoms with E-state index in [0.717, 1.165) is 25.7 Å². The molecule has 1 saturated carbocycles. The highest BCUT2D eigenvalue weighted by Crippen LogP contribution is 2.36. The first-order chi connectivity index (χ1) is 6.66. The van der Waals surface area contributed by atoms with Crippen LogP contribution < -0.4 is 0 Å². The van der Waals surface area contributed by atoms with Crippen LogP contribution in [0.4, 0.5) is 4.79 Å². The van der Waals surface area contributed by atoms with Crippen molar-refractivity contribution in [2.45, 2.75) is 31.8 Å². The monoisotopic (exact) mass is 199 g/mol. The Morgan fingerprint density at radius 2 is 2.00 bits per heavy atom. The van der Waals surface area contributed by atoms with E-state index >= 15 is 0 Å². The first-order valence-electron chi connectivity index (χ1n) is 5.32. The number of aliphatic hydroxyl groups is 1. The normalized spacial score (nSPS) is 37.8. The quantitative estimate of drug-likeness (QED) is 0.615. The number of fused-ring (bicyclic) bond motifs is 1. The van der Waals surface area contributed by atoms with Crippen LogP contribution in [-0.4, -0.2) is 40.4 Å². The van der Waals surface area contributed by atoms with Gasteiger partial charge in [0, 0.05) is 13.1 Å². The second-order valence-corrected chi connectivity index (χ2v) is 4.50. The van der Waals surface area contributed by atoms with Crippen LogP contribution in [0.2, 0.25) is 0 Å². The fourth-order valence-electron chi connectivity index (χ4n) is 2.78. The highest BCUT2D eigenvalue weighted by atomic mass is 16.4. The number of hydrogen-bond donors (Lipinski definition) is 2. The SMILES string of the molecule is O=C(O)N1CCC2CCC(O)CC2C1. The van der Waals surface area contributed by atoms with Crippen LogP contribution >= 0.6 is 0 Å². The van der Waals surface area contributed by atoms with E-state index in [1.165, 1.54) is 4.90 Å². The van der Waals surface area contributed by atoms with E-state index in [-0.39, 0.29) is 6.10 Å². The van der Waals surface area contributed by atoms with Crippen LogP contribution in [0.3, 0.4) is 0 Å². The Labute approximate surface area is 83.5 Å². The second-order valence-electron chi connectivity index (χ2n) is 4.50. The smallest absolute Gasteiger partial charge is 0.407 e. The Balaban J connectivity index is 1.96. The maximum absolute atomic E-state index is 10.8. The number of aliphatic hydroxyl groups excluding tert-OH is 1. The summed E-state index contributed by atoms with van der Waals surface area (Å²) in [4.78, 5) is 12.3. The molecule has 1 aliphatic carbocycles. The predicted molar refractivity (Wildman–Crippen MR) is 51.1 cm³/mol. The Hall–Kier alpha value is -0.770. The molecule has 0 bridgehead atoms. The van der Waals surface area contributed by atoms with Gasteiger partial charge in [-0.3, -0.25) is 0 Å². The summed E-state index contributed by atoms with van der Waals surface area (Å²) in [5.41, 5.74) is 0. The minimum Gasteiger partial charge on any atom is -0.465 e. The zero-order valence-corrected chi connectivity index (χ0v) is 8.22. The summed E-state index contributed by atoms with van der Waals surface area (Å²) in [7, 11) is 0. The number of hydrogen-bond acceptors (Lipinski definition) is 2. The molecular weight excluding hydrogens is 182 g/mol. The van der Waals surface area contributed by atoms with Crippen LogP contribution in [0.15, 0.2) is 0 Å². The van der Waals surface area contributed by atoms with Gasteiger partial charge in [-0.1, -0.05) is 0 Å². The predicted octanol–water partition coefficient (Wildman–Crippen LogP) is 1.15. The van der Waals surface area contributed by atoms with Crippen LogP contribution in [-0.2, 0) is 0 Å². The summed E-state index contributed by atoms with van der Waals surface area (Å²) >= 11 is 0. The molecule has 4 heteroatoms. The van der Waals surface area contributed by atoms with Gasteiger partial charge in [0.05, 0.1) is 6.10 Å². The molecule has 1 aliphatic heterocycles. The average molecular weight is 199 g/mol. The summed E-state index contributed by atoms with van der Waals surface area (Å²) in [6.07, 6.45) is 2.71. The largest absolute Gasteiger partial charge is 0.465 e. The zero-order valence-electron chi connectivity index (χ0n) is 8.22. The lowest BCUT2D eigenvalue weighted by atomic mass is 9.74. The minimum atomic E-state index is -0.816. The molecule has 0 aromatic carbocycles. The van der Waals surface area contributed by atoms with Gasteiger partial charge in [-0.05, 0) is 37.5 Å². The van der Waals surface area contributed by atoms with E-state index in [0.29, 0.717) is 24.9 Å². The Morgan fingerprint density at radius 3 is 2.71 bits per heavy atom. The molecule has 0 aromatic heterocycles. The zero-order chi connectivity index (χ0) is 10.1. The van der Waals surface area contributed by atoms with Crippen molar-refractivity contribution in [2.75, 3.05) is 13.1 Å². The summed E-state index contributed by atoms with van der Waals surface area (Å²) < 4.78 is 0. The van der Waals surface area contributed by atoms with Crippen LogP contribution in [0.25, 0.3) is 0 Å². The summed E-state index contributed by atoms with van der Waals surface area (Å²) in [5, 5.41) is 18.4. The van der Waals surface area contributed by atoms with Crippen molar-refractivity contribution in [3.05, 3.63) is 0 Å². The van der Waals surface area contributed by atoms with Gasteiger partial charge in [-0.25, -0.2) is 4.79 Å². The second kappa shape index (κ2) is 3.77. The number of piperidine rings is 1. The number of likely N-dealkylation sites (tertiary alicyclic amines) is 1. The lowest BCUT2D eigenvalue weighted by Gasteiger charge is -2.41. The number of rotatable bonds is 0. The minimum absolute atomic E-state index is 0.204. The van der Waals surface area contributed by atoms with E-state index < -0.39 is 6.09 Å². The molecular formula is C10H17NO3. The molecule has 3 unspecified atom stereocenters. The van der Waals surface area contributed by atoms with Crippen LogP contribution in [0.5, 0.6) is 0 Å². The molecule has 80 valence electrons. The van der Waals surface area contributed by atoms with Gasteiger partial charge in [-0.15, -0.1) is 0 Å². The molecule has 2 N–H and O–H groups in total. The van der Waals surface area contributed by atoms with Gasteiger partial charge < -0.3 is 15.1 Å². The molecule has 14 heavy (non-hydrogen) atoms. The molecule has 2 rings (SSSR count). The number of amides is 1. The highest BCUT2D eigenvalue weighted by molar-refractivity contribution is 5.65. The summed E-state index contributed by atoms with van der Waals surface area (Å²) in [6, 6.07) is 0. The van der Waals surface area contributed by atoms with Crippen molar-refractivity contribution in [2.24, 2.45) is 11.8 Å². The highest BCUT2D eigenvalue weighted by Gasteiger charge is 2.35. The first-order valence-corrected chi connectivity index (χ1v) is 5.32. The molecule has 1 amide bonds. The molecule has 3 atom stereocenters. The molecule has 0 radical (unpaired) electrons. The maximum Gasteiger partial charge on any atom is 0.407 e. The lowest BCUT2D eigenvalue weighted by Crippen LogP contribution is -2.46. The third-order valence-electron chi connectivity index (χ3n) is 3.61. The maximum atomic E-state index is 10.8. The van der Waals surface area contributed by atoms with Crippen LogP contribution in [0, 0.1) is 11.8 Å². The number of carboxylic acid groups (broad SMARTS) is 1. The van der Waals surface area contributed by atoms with E-state index in [4.69, 9.17) is 5.11 Å². The number of nitrogens with zero attached hydrogens (tertiary/aromatic N) is 1. The summed E-state index contributed by atoms with van der Waals surface area (Å²) in [5.74, 6) is 1.04. The molecule has 0 aromatic rings. The topological polar surface area (TPSA) is 60.8 Å². The Bertz CT molecular complexity index is 231. The van der Waals surface area contributed by atoms with Crippen molar-refractivity contribution in [1.29, 1.82) is 0 Å². The van der Waals surface area contributed by atoms with Crippen molar-refractivity contribution in [3.63, 3.8) is 0 Å². The fourth-order valence-corrected chi connectivity index (χ4v) is 2.78. The van der Waals surface area contributed by atoms with Gasteiger partial charge in [0.1, 0.15) is 0 Å². The van der Waals surface area contributed by atoms with Crippen molar-refractivity contribution in [1.82, 2.24) is 4.90 Å². The van der Waals surface area contributed by atoms with Gasteiger partial charge in [-0.2, -0.15) is 0 Å². The van der Waals surface area contributed by atoms with Crippen LogP contribution in [0.1, 0.15) is 25.7 Å². The van der Waals surface area contributed by atoms with E-state index in [1.54, 1.807) is 0 Å². The molecule has 2 fully saturated rings. The molecule has 1 heterocycles. The molecule has 1 saturated heterocycles. The third kappa shape index (κ3) is 1.85. The first kappa shape index (κ1) is 9.77.